The summed E-state index contributed by atoms with van der Waals surface area (Å²) >= 11 is 0. The fourth-order valence-electron chi connectivity index (χ4n) is 2.41. The van der Waals surface area contributed by atoms with Crippen LogP contribution in [0.25, 0.3) is 0 Å². The molecule has 1 aromatic heterocycles. The van der Waals surface area contributed by atoms with Crippen LogP contribution in [0.15, 0.2) is 48.8 Å². The van der Waals surface area contributed by atoms with Crippen molar-refractivity contribution in [1.29, 1.82) is 0 Å². The predicted molar refractivity (Wildman–Crippen MR) is 72.5 cm³/mol. The van der Waals surface area contributed by atoms with E-state index in [0.717, 1.165) is 13.0 Å². The van der Waals surface area contributed by atoms with Crippen LogP contribution in [-0.2, 0) is 11.3 Å². The maximum Gasteiger partial charge on any atom is 0.223 e. The van der Waals surface area contributed by atoms with Crippen molar-refractivity contribution in [3.05, 3.63) is 54.4 Å². The zero-order valence-corrected chi connectivity index (χ0v) is 10.7. The summed E-state index contributed by atoms with van der Waals surface area (Å²) in [5.74, 6) is 0.729. The highest BCUT2D eigenvalue weighted by molar-refractivity contribution is 5.82. The Kier molecular flexibility index (Phi) is 3.31. The largest absolute Gasteiger partial charge is 0.354 e. The summed E-state index contributed by atoms with van der Waals surface area (Å²) in [6.07, 6.45) is 4.61. The number of nitrogens with one attached hydrogen (secondary N) is 1. The van der Waals surface area contributed by atoms with Gasteiger partial charge in [0.05, 0.1) is 6.54 Å². The second-order valence-corrected chi connectivity index (χ2v) is 4.92. The van der Waals surface area contributed by atoms with Gasteiger partial charge < -0.3 is 5.32 Å². The van der Waals surface area contributed by atoms with E-state index in [4.69, 9.17) is 0 Å². The van der Waals surface area contributed by atoms with Crippen LogP contribution in [0, 0.1) is 5.92 Å². The minimum Gasteiger partial charge on any atom is -0.354 e. The third-order valence-corrected chi connectivity index (χ3v) is 3.55. The number of aromatic nitrogens is 2. The number of nitrogens with zero attached hydrogens (tertiary/aromatic N) is 2. The normalized spacial score (nSPS) is 21.1. The lowest BCUT2D eigenvalue weighted by Gasteiger charge is -2.05. The number of carbonyl (C=O) groups is 1. The van der Waals surface area contributed by atoms with Gasteiger partial charge in [-0.25, -0.2) is 0 Å². The lowest BCUT2D eigenvalue weighted by atomic mass is 10.1. The fourth-order valence-corrected chi connectivity index (χ4v) is 2.41. The third kappa shape index (κ3) is 2.84. The standard InChI is InChI=1S/C15H17N3O/c19-15(16-8-10-18-9-4-7-17-18)14-11-13(14)12-5-2-1-3-6-12/h1-7,9,13-14H,8,10-11H2,(H,16,19)/t13-,14-/m0/s1. The Hall–Kier alpha value is -2.10. The molecule has 0 saturated heterocycles. The van der Waals surface area contributed by atoms with Crippen LogP contribution < -0.4 is 5.32 Å². The van der Waals surface area contributed by atoms with Crippen molar-refractivity contribution in [3.8, 4) is 0 Å². The Morgan fingerprint density at radius 3 is 2.89 bits per heavy atom. The SMILES string of the molecule is O=C(NCCn1cccn1)[C@H]1C[C@H]1c1ccccc1. The Bertz CT molecular complexity index is 536. The molecule has 0 bridgehead atoms. The van der Waals surface area contributed by atoms with Crippen molar-refractivity contribution in [2.45, 2.75) is 18.9 Å². The number of carbonyl (C=O) groups excluding carboxylic acids is 1. The van der Waals surface area contributed by atoms with Gasteiger partial charge in [-0.1, -0.05) is 30.3 Å². The maximum absolute atomic E-state index is 12.0. The van der Waals surface area contributed by atoms with Crippen LogP contribution in [0.3, 0.4) is 0 Å². The summed E-state index contributed by atoms with van der Waals surface area (Å²) in [5, 5.41) is 7.08. The molecule has 1 heterocycles. The minimum atomic E-state index is 0.153. The van der Waals surface area contributed by atoms with Gasteiger partial charge in [0.15, 0.2) is 0 Å². The average Bonchev–Trinajstić information content (AvgIpc) is 3.09. The van der Waals surface area contributed by atoms with E-state index >= 15 is 0 Å². The Morgan fingerprint density at radius 1 is 1.32 bits per heavy atom. The van der Waals surface area contributed by atoms with E-state index in [1.165, 1.54) is 5.56 Å². The van der Waals surface area contributed by atoms with Crippen LogP contribution >= 0.6 is 0 Å². The fraction of sp³-hybridized carbons (Fsp3) is 0.333. The molecule has 3 rings (SSSR count). The number of benzene rings is 1. The van der Waals surface area contributed by atoms with Gasteiger partial charge in [0, 0.05) is 24.9 Å². The average molecular weight is 255 g/mol. The highest BCUT2D eigenvalue weighted by atomic mass is 16.2. The van der Waals surface area contributed by atoms with Gasteiger partial charge in [0.2, 0.25) is 5.91 Å². The summed E-state index contributed by atoms with van der Waals surface area (Å²) in [5.41, 5.74) is 1.27. The lowest BCUT2D eigenvalue weighted by Crippen LogP contribution is -2.29. The molecule has 0 spiro atoms. The molecule has 2 aromatic rings. The van der Waals surface area contributed by atoms with Crippen molar-refractivity contribution in [2.75, 3.05) is 6.54 Å². The van der Waals surface area contributed by atoms with Crippen LogP contribution in [-0.4, -0.2) is 22.2 Å². The van der Waals surface area contributed by atoms with Gasteiger partial charge in [0.25, 0.3) is 0 Å². The molecule has 4 heteroatoms. The first kappa shape index (κ1) is 12.0. The van der Waals surface area contributed by atoms with Gasteiger partial charge in [0.1, 0.15) is 0 Å². The van der Waals surface area contributed by atoms with Crippen molar-refractivity contribution in [1.82, 2.24) is 15.1 Å². The Morgan fingerprint density at radius 2 is 2.16 bits per heavy atom. The van der Waals surface area contributed by atoms with E-state index in [2.05, 4.69) is 22.5 Å². The predicted octanol–water partition coefficient (Wildman–Crippen LogP) is 1.80. The van der Waals surface area contributed by atoms with Gasteiger partial charge in [-0.15, -0.1) is 0 Å². The monoisotopic (exact) mass is 255 g/mol. The van der Waals surface area contributed by atoms with Crippen LogP contribution in [0.5, 0.6) is 0 Å². The smallest absolute Gasteiger partial charge is 0.223 e. The second-order valence-electron chi connectivity index (χ2n) is 4.92. The lowest BCUT2D eigenvalue weighted by molar-refractivity contribution is -0.122. The summed E-state index contributed by atoms with van der Waals surface area (Å²) in [6, 6.07) is 12.1. The van der Waals surface area contributed by atoms with E-state index in [1.807, 2.05) is 35.1 Å². The first-order chi connectivity index (χ1) is 9.34. The molecule has 1 aliphatic rings. The first-order valence-electron chi connectivity index (χ1n) is 6.64. The molecule has 1 aliphatic carbocycles. The van der Waals surface area contributed by atoms with Gasteiger partial charge >= 0.3 is 0 Å². The molecule has 1 aromatic carbocycles. The summed E-state index contributed by atoms with van der Waals surface area (Å²) in [4.78, 5) is 12.0. The Balaban J connectivity index is 1.45. The maximum atomic E-state index is 12.0. The minimum absolute atomic E-state index is 0.153. The van der Waals surface area contributed by atoms with Crippen molar-refractivity contribution < 1.29 is 4.79 Å². The summed E-state index contributed by atoms with van der Waals surface area (Å²) < 4.78 is 1.82. The first-order valence-corrected chi connectivity index (χ1v) is 6.64. The molecule has 1 N–H and O–H groups in total. The van der Waals surface area contributed by atoms with E-state index in [0.29, 0.717) is 12.5 Å². The summed E-state index contributed by atoms with van der Waals surface area (Å²) in [6.45, 7) is 1.36. The molecule has 19 heavy (non-hydrogen) atoms. The topological polar surface area (TPSA) is 46.9 Å². The molecule has 1 amide bonds. The molecule has 4 nitrogen and oxygen atoms in total. The van der Waals surface area contributed by atoms with E-state index in [9.17, 15) is 4.79 Å². The number of hydrogen-bond donors (Lipinski definition) is 1. The molecule has 0 aliphatic heterocycles. The third-order valence-electron chi connectivity index (χ3n) is 3.55. The number of hydrogen-bond acceptors (Lipinski definition) is 2. The molecular weight excluding hydrogens is 238 g/mol. The zero-order valence-electron chi connectivity index (χ0n) is 10.7. The highest BCUT2D eigenvalue weighted by Gasteiger charge is 2.43. The molecule has 0 unspecified atom stereocenters. The van der Waals surface area contributed by atoms with Crippen LogP contribution in [0.2, 0.25) is 0 Å². The van der Waals surface area contributed by atoms with Crippen molar-refractivity contribution >= 4 is 5.91 Å². The van der Waals surface area contributed by atoms with E-state index < -0.39 is 0 Å². The molecule has 0 radical (unpaired) electrons. The highest BCUT2D eigenvalue weighted by Crippen LogP contribution is 2.47. The van der Waals surface area contributed by atoms with Gasteiger partial charge in [-0.05, 0) is 24.0 Å². The molecule has 1 fully saturated rings. The van der Waals surface area contributed by atoms with Gasteiger partial charge in [-0.2, -0.15) is 5.10 Å². The quantitative estimate of drug-likeness (QED) is 0.885. The van der Waals surface area contributed by atoms with E-state index in [1.54, 1.807) is 6.20 Å². The Labute approximate surface area is 112 Å². The van der Waals surface area contributed by atoms with E-state index in [-0.39, 0.29) is 11.8 Å². The van der Waals surface area contributed by atoms with Crippen LogP contribution in [0.1, 0.15) is 17.9 Å². The molecule has 98 valence electrons. The molecule has 1 saturated carbocycles. The number of rotatable bonds is 5. The zero-order chi connectivity index (χ0) is 13.1. The van der Waals surface area contributed by atoms with Crippen LogP contribution in [0.4, 0.5) is 0 Å². The van der Waals surface area contributed by atoms with Crippen molar-refractivity contribution in [3.63, 3.8) is 0 Å². The number of amides is 1. The van der Waals surface area contributed by atoms with Crippen molar-refractivity contribution in [2.24, 2.45) is 5.92 Å². The second kappa shape index (κ2) is 5.26. The molecular formula is C15H17N3O. The summed E-state index contributed by atoms with van der Waals surface area (Å²) in [7, 11) is 0. The van der Waals surface area contributed by atoms with Gasteiger partial charge in [-0.3, -0.25) is 9.48 Å². The molecule has 2 atom stereocenters.